The van der Waals surface area contributed by atoms with Crippen LogP contribution in [-0.4, -0.2) is 37.5 Å². The van der Waals surface area contributed by atoms with Crippen LogP contribution in [0.25, 0.3) is 0 Å². The molecule has 0 fully saturated rings. The monoisotopic (exact) mass is 268 g/mol. The fraction of sp³-hybridized carbons (Fsp3) is 0.500. The lowest BCUT2D eigenvalue weighted by Crippen LogP contribution is -2.26. The molecule has 0 radical (unpaired) electrons. The topological polar surface area (TPSA) is 65.0 Å². The number of carboxylic acids is 1. The predicted octanol–water partition coefficient (Wildman–Crippen LogP) is 2.09. The number of rotatable bonds is 9. The van der Waals surface area contributed by atoms with E-state index >= 15 is 0 Å². The van der Waals surface area contributed by atoms with Crippen LogP contribution in [0, 0.1) is 0 Å². The van der Waals surface area contributed by atoms with Crippen molar-refractivity contribution in [1.29, 1.82) is 0 Å². The molecule has 19 heavy (non-hydrogen) atoms. The van der Waals surface area contributed by atoms with Gasteiger partial charge in [0.25, 0.3) is 0 Å². The smallest absolute Gasteiger partial charge is 0.332 e. The maximum Gasteiger partial charge on any atom is 0.332 e. The summed E-state index contributed by atoms with van der Waals surface area (Å²) in [5.74, 6) is -0.256. The van der Waals surface area contributed by atoms with Crippen LogP contribution in [-0.2, 0) is 20.9 Å². The predicted molar refractivity (Wildman–Crippen MR) is 70.3 cm³/mol. The minimum Gasteiger partial charge on any atom is -0.493 e. The van der Waals surface area contributed by atoms with Gasteiger partial charge in [0, 0.05) is 20.1 Å². The summed E-state index contributed by atoms with van der Waals surface area (Å²) in [5, 5.41) is 8.92. The summed E-state index contributed by atoms with van der Waals surface area (Å²) in [6, 6.07) is 7.52. The second-order valence-electron chi connectivity index (χ2n) is 4.00. The molecule has 0 aliphatic heterocycles. The molecule has 5 nitrogen and oxygen atoms in total. The second kappa shape index (κ2) is 8.50. The summed E-state index contributed by atoms with van der Waals surface area (Å²) in [6.07, 6.45) is -0.496. The molecule has 0 saturated carbocycles. The van der Waals surface area contributed by atoms with Crippen LogP contribution in [0.3, 0.4) is 0 Å². The Morgan fingerprint density at radius 2 is 2.21 bits per heavy atom. The molecule has 1 unspecified atom stereocenters. The molecule has 1 rings (SSSR count). The fourth-order valence-corrected chi connectivity index (χ4v) is 1.65. The Kier molecular flexibility index (Phi) is 6.92. The molecule has 1 aromatic rings. The van der Waals surface area contributed by atoms with Gasteiger partial charge >= 0.3 is 5.97 Å². The van der Waals surface area contributed by atoms with Gasteiger partial charge < -0.3 is 19.3 Å². The van der Waals surface area contributed by atoms with Gasteiger partial charge in [-0.2, -0.15) is 0 Å². The van der Waals surface area contributed by atoms with Crippen molar-refractivity contribution in [2.75, 3.05) is 20.3 Å². The first-order valence-electron chi connectivity index (χ1n) is 6.22. The lowest BCUT2D eigenvalue weighted by atomic mass is 10.2. The van der Waals surface area contributed by atoms with Crippen molar-refractivity contribution in [2.45, 2.75) is 26.1 Å². The maximum atomic E-state index is 10.9. The molecule has 106 valence electrons. The first kappa shape index (κ1) is 15.5. The van der Waals surface area contributed by atoms with Gasteiger partial charge in [-0.05, 0) is 24.6 Å². The summed E-state index contributed by atoms with van der Waals surface area (Å²) in [7, 11) is 1.63. The number of hydrogen-bond donors (Lipinski definition) is 1. The highest BCUT2D eigenvalue weighted by Gasteiger charge is 2.17. The van der Waals surface area contributed by atoms with Gasteiger partial charge in [0.05, 0.1) is 13.2 Å². The number of methoxy groups -OCH3 is 1. The van der Waals surface area contributed by atoms with Crippen LogP contribution in [0.2, 0.25) is 0 Å². The maximum absolute atomic E-state index is 10.9. The van der Waals surface area contributed by atoms with Gasteiger partial charge in [0.1, 0.15) is 5.75 Å². The van der Waals surface area contributed by atoms with E-state index in [1.807, 2.05) is 24.3 Å². The lowest BCUT2D eigenvalue weighted by Gasteiger charge is -2.13. The molecule has 1 atom stereocenters. The highest BCUT2D eigenvalue weighted by Crippen LogP contribution is 2.14. The third-order valence-corrected chi connectivity index (χ3v) is 2.50. The van der Waals surface area contributed by atoms with E-state index in [2.05, 4.69) is 0 Å². The van der Waals surface area contributed by atoms with Crippen LogP contribution in [0.15, 0.2) is 24.3 Å². The molecule has 0 spiro atoms. The minimum atomic E-state index is -0.960. The van der Waals surface area contributed by atoms with E-state index in [-0.39, 0.29) is 0 Å². The summed E-state index contributed by atoms with van der Waals surface area (Å²) in [6.45, 7) is 2.96. The Bertz CT molecular complexity index is 391. The third kappa shape index (κ3) is 5.72. The Labute approximate surface area is 113 Å². The van der Waals surface area contributed by atoms with Crippen LogP contribution >= 0.6 is 0 Å². The number of carbonyl (C=O) groups is 1. The Morgan fingerprint density at radius 3 is 2.84 bits per heavy atom. The lowest BCUT2D eigenvalue weighted by molar-refractivity contribution is -0.150. The van der Waals surface area contributed by atoms with Gasteiger partial charge in [-0.15, -0.1) is 0 Å². The van der Waals surface area contributed by atoms with Crippen molar-refractivity contribution in [3.63, 3.8) is 0 Å². The molecule has 0 heterocycles. The Balaban J connectivity index is 2.43. The number of hydrogen-bond acceptors (Lipinski definition) is 4. The molecule has 0 saturated heterocycles. The first-order chi connectivity index (χ1) is 9.17. The average Bonchev–Trinajstić information content (AvgIpc) is 2.38. The Morgan fingerprint density at radius 1 is 1.42 bits per heavy atom. The number of carboxylic acid groups (broad SMARTS) is 1. The standard InChI is InChI=1S/C14H20O5/c1-3-18-13(14(15)16)7-8-19-12-6-4-5-11(9-12)10-17-2/h4-6,9,13H,3,7-8,10H2,1-2H3,(H,15,16). The number of aliphatic carboxylic acids is 1. The summed E-state index contributed by atoms with van der Waals surface area (Å²) >= 11 is 0. The van der Waals surface area contributed by atoms with Gasteiger partial charge in [0.15, 0.2) is 6.10 Å². The molecule has 1 aromatic carbocycles. The van der Waals surface area contributed by atoms with Crippen molar-refractivity contribution >= 4 is 5.97 Å². The van der Waals surface area contributed by atoms with Crippen LogP contribution < -0.4 is 4.74 Å². The second-order valence-corrected chi connectivity index (χ2v) is 4.00. The van der Waals surface area contributed by atoms with E-state index in [0.29, 0.717) is 32.0 Å². The normalized spacial score (nSPS) is 12.1. The molecule has 0 aliphatic rings. The number of ether oxygens (including phenoxy) is 3. The van der Waals surface area contributed by atoms with Crippen molar-refractivity contribution in [3.05, 3.63) is 29.8 Å². The van der Waals surface area contributed by atoms with Crippen molar-refractivity contribution < 1.29 is 24.1 Å². The molecule has 0 amide bonds. The highest BCUT2D eigenvalue weighted by molar-refractivity contribution is 5.72. The van der Waals surface area contributed by atoms with Gasteiger partial charge in [-0.25, -0.2) is 4.79 Å². The summed E-state index contributed by atoms with van der Waals surface area (Å²) in [5.41, 5.74) is 1.01. The van der Waals surface area contributed by atoms with Crippen LogP contribution in [0.1, 0.15) is 18.9 Å². The van der Waals surface area contributed by atoms with Gasteiger partial charge in [-0.3, -0.25) is 0 Å². The quantitative estimate of drug-likeness (QED) is 0.743. The molecule has 0 bridgehead atoms. The SMILES string of the molecule is CCOC(CCOc1cccc(COC)c1)C(=O)O. The highest BCUT2D eigenvalue weighted by atomic mass is 16.5. The van der Waals surface area contributed by atoms with E-state index in [9.17, 15) is 4.79 Å². The minimum absolute atomic E-state index is 0.299. The van der Waals surface area contributed by atoms with Crippen LogP contribution in [0.4, 0.5) is 0 Å². The fourth-order valence-electron chi connectivity index (χ4n) is 1.65. The van der Waals surface area contributed by atoms with Crippen LogP contribution in [0.5, 0.6) is 5.75 Å². The molecular formula is C14H20O5. The van der Waals surface area contributed by atoms with Gasteiger partial charge in [0.2, 0.25) is 0 Å². The largest absolute Gasteiger partial charge is 0.493 e. The Hall–Kier alpha value is -1.59. The average molecular weight is 268 g/mol. The zero-order valence-corrected chi connectivity index (χ0v) is 11.3. The van der Waals surface area contributed by atoms with Crippen molar-refractivity contribution in [2.24, 2.45) is 0 Å². The van der Waals surface area contributed by atoms with E-state index in [4.69, 9.17) is 19.3 Å². The first-order valence-corrected chi connectivity index (χ1v) is 6.22. The van der Waals surface area contributed by atoms with E-state index in [0.717, 1.165) is 5.56 Å². The molecule has 0 aromatic heterocycles. The van der Waals surface area contributed by atoms with E-state index in [1.165, 1.54) is 0 Å². The zero-order chi connectivity index (χ0) is 14.1. The van der Waals surface area contributed by atoms with E-state index < -0.39 is 12.1 Å². The molecule has 5 heteroatoms. The molecular weight excluding hydrogens is 248 g/mol. The third-order valence-electron chi connectivity index (χ3n) is 2.50. The summed E-state index contributed by atoms with van der Waals surface area (Å²) in [4.78, 5) is 10.9. The molecule has 1 N–H and O–H groups in total. The van der Waals surface area contributed by atoms with Crippen molar-refractivity contribution in [1.82, 2.24) is 0 Å². The zero-order valence-electron chi connectivity index (χ0n) is 11.3. The number of benzene rings is 1. The van der Waals surface area contributed by atoms with E-state index in [1.54, 1.807) is 14.0 Å². The summed E-state index contributed by atoms with van der Waals surface area (Å²) < 4.78 is 15.7. The van der Waals surface area contributed by atoms with Gasteiger partial charge in [-0.1, -0.05) is 12.1 Å². The molecule has 0 aliphatic carbocycles. The van der Waals surface area contributed by atoms with Crippen molar-refractivity contribution in [3.8, 4) is 5.75 Å².